The molecule has 0 amide bonds. The molecule has 0 spiro atoms. The molecule has 92 valence electrons. The summed E-state index contributed by atoms with van der Waals surface area (Å²) in [7, 11) is 0. The molecule has 4 fully saturated rings. The summed E-state index contributed by atoms with van der Waals surface area (Å²) >= 11 is 0. The zero-order chi connectivity index (χ0) is 11.7. The van der Waals surface area contributed by atoms with Gasteiger partial charge in [0.05, 0.1) is 0 Å². The third-order valence-corrected chi connectivity index (χ3v) is 6.77. The van der Waals surface area contributed by atoms with Crippen molar-refractivity contribution in [2.45, 2.75) is 47.0 Å². The molecule has 1 nitrogen and oxygen atoms in total. The van der Waals surface area contributed by atoms with Gasteiger partial charge in [0.1, 0.15) is 0 Å². The molecule has 3 unspecified atom stereocenters. The quantitative estimate of drug-likeness (QED) is 0.761. The maximum absolute atomic E-state index is 5.93. The number of hydrogen-bond donors (Lipinski definition) is 1. The van der Waals surface area contributed by atoms with Gasteiger partial charge in [-0.2, -0.15) is 0 Å². The van der Waals surface area contributed by atoms with Gasteiger partial charge in [0.25, 0.3) is 0 Å². The van der Waals surface area contributed by atoms with Gasteiger partial charge in [0, 0.05) is 0 Å². The zero-order valence-electron chi connectivity index (χ0n) is 11.3. The Morgan fingerprint density at radius 3 is 2.19 bits per heavy atom. The molecule has 4 aliphatic rings. The lowest BCUT2D eigenvalue weighted by atomic mass is 9.44. The van der Waals surface area contributed by atoms with Crippen LogP contribution < -0.4 is 5.73 Å². The summed E-state index contributed by atoms with van der Waals surface area (Å²) in [5.41, 5.74) is 7.11. The normalized spacial score (nSPS) is 51.9. The van der Waals surface area contributed by atoms with Gasteiger partial charge in [-0.1, -0.05) is 27.7 Å². The van der Waals surface area contributed by atoms with Crippen molar-refractivity contribution in [3.63, 3.8) is 0 Å². The minimum absolute atomic E-state index is 0.540. The van der Waals surface area contributed by atoms with E-state index in [1.807, 2.05) is 0 Å². The molecule has 4 aliphatic carbocycles. The van der Waals surface area contributed by atoms with Crippen LogP contribution in [0.3, 0.4) is 0 Å². The van der Waals surface area contributed by atoms with Crippen molar-refractivity contribution in [1.29, 1.82) is 0 Å². The van der Waals surface area contributed by atoms with E-state index in [9.17, 15) is 0 Å². The first-order valence-electron chi connectivity index (χ1n) is 7.10. The number of hydrogen-bond acceptors (Lipinski definition) is 1. The molecule has 0 saturated heterocycles. The first kappa shape index (κ1) is 11.1. The van der Waals surface area contributed by atoms with E-state index in [1.165, 1.54) is 19.3 Å². The second-order valence-corrected chi connectivity index (χ2v) is 7.79. The van der Waals surface area contributed by atoms with Crippen LogP contribution in [0, 0.1) is 40.4 Å². The lowest BCUT2D eigenvalue weighted by molar-refractivity contribution is -0.114. The summed E-state index contributed by atoms with van der Waals surface area (Å²) < 4.78 is 0. The highest BCUT2D eigenvalue weighted by atomic mass is 14.7. The Balaban J connectivity index is 1.78. The summed E-state index contributed by atoms with van der Waals surface area (Å²) in [6.45, 7) is 10.8. The molecule has 16 heavy (non-hydrogen) atoms. The van der Waals surface area contributed by atoms with E-state index in [4.69, 9.17) is 5.73 Å². The molecule has 4 rings (SSSR count). The van der Waals surface area contributed by atoms with Crippen LogP contribution in [0.5, 0.6) is 0 Å². The van der Waals surface area contributed by atoms with E-state index < -0.39 is 0 Å². The summed E-state index contributed by atoms with van der Waals surface area (Å²) in [5, 5.41) is 0. The van der Waals surface area contributed by atoms with Crippen molar-refractivity contribution in [1.82, 2.24) is 0 Å². The fraction of sp³-hybridized carbons (Fsp3) is 1.00. The monoisotopic (exact) mass is 221 g/mol. The average molecular weight is 221 g/mol. The lowest BCUT2D eigenvalue weighted by Crippen LogP contribution is -2.53. The molecular weight excluding hydrogens is 194 g/mol. The Kier molecular flexibility index (Phi) is 2.11. The van der Waals surface area contributed by atoms with Crippen LogP contribution in [0.25, 0.3) is 0 Å². The highest BCUT2D eigenvalue weighted by Gasteiger charge is 2.66. The fourth-order valence-electron chi connectivity index (χ4n) is 5.38. The maximum Gasteiger partial charge on any atom is -0.00407 e. The average Bonchev–Trinajstić information content (AvgIpc) is 2.80. The molecule has 4 saturated carbocycles. The van der Waals surface area contributed by atoms with Gasteiger partial charge in [-0.3, -0.25) is 0 Å². The largest absolute Gasteiger partial charge is 0.330 e. The van der Waals surface area contributed by atoms with E-state index in [0.717, 1.165) is 36.1 Å². The molecule has 1 heteroatoms. The van der Waals surface area contributed by atoms with E-state index in [1.54, 1.807) is 0 Å². The lowest BCUT2D eigenvalue weighted by Gasteiger charge is -2.60. The maximum atomic E-state index is 5.93. The van der Waals surface area contributed by atoms with Crippen molar-refractivity contribution >= 4 is 0 Å². The molecular formula is C15H27N. The third-order valence-electron chi connectivity index (χ3n) is 6.77. The Morgan fingerprint density at radius 2 is 1.75 bits per heavy atom. The number of fused-ring (bicyclic) bond motifs is 2. The van der Waals surface area contributed by atoms with E-state index >= 15 is 0 Å². The zero-order valence-corrected chi connectivity index (χ0v) is 11.3. The number of rotatable bonds is 2. The molecule has 0 aromatic carbocycles. The minimum atomic E-state index is 0.540. The smallest absolute Gasteiger partial charge is 0.00407 e. The van der Waals surface area contributed by atoms with Crippen LogP contribution in [0.2, 0.25) is 0 Å². The van der Waals surface area contributed by atoms with Crippen molar-refractivity contribution in [2.24, 2.45) is 46.2 Å². The van der Waals surface area contributed by atoms with E-state index in [-0.39, 0.29) is 0 Å². The molecule has 0 aromatic heterocycles. The molecule has 0 heterocycles. The highest BCUT2D eigenvalue weighted by Crippen LogP contribution is 2.71. The van der Waals surface area contributed by atoms with Gasteiger partial charge >= 0.3 is 0 Å². The molecule has 0 aromatic rings. The standard InChI is InChI=1S/C15H27N/c1-14(2)9-5-6-10(11(14)7-9)13-12(8-16)15(13,3)4/h9-13H,5-8,16H2,1-4H3/t9?,10?,11?,12-,13-/m0/s1. The third kappa shape index (κ3) is 1.16. The Bertz CT molecular complexity index is 303. The van der Waals surface area contributed by atoms with Crippen LogP contribution in [0.15, 0.2) is 0 Å². The second-order valence-electron chi connectivity index (χ2n) is 7.79. The van der Waals surface area contributed by atoms with Gasteiger partial charge in [-0.25, -0.2) is 0 Å². The van der Waals surface area contributed by atoms with E-state index in [0.29, 0.717) is 10.8 Å². The molecule has 0 aliphatic heterocycles. The highest BCUT2D eigenvalue weighted by molar-refractivity contribution is 5.14. The summed E-state index contributed by atoms with van der Waals surface area (Å²) in [6.07, 6.45) is 4.49. The predicted octanol–water partition coefficient (Wildman–Crippen LogP) is 3.29. The summed E-state index contributed by atoms with van der Waals surface area (Å²) in [6, 6.07) is 0. The minimum Gasteiger partial charge on any atom is -0.330 e. The van der Waals surface area contributed by atoms with E-state index in [2.05, 4.69) is 27.7 Å². The molecule has 2 N–H and O–H groups in total. The van der Waals surface area contributed by atoms with Gasteiger partial charge in [0.15, 0.2) is 0 Å². The number of nitrogens with two attached hydrogens (primary N) is 1. The summed E-state index contributed by atoms with van der Waals surface area (Å²) in [4.78, 5) is 0. The molecule has 2 bridgehead atoms. The fourth-order valence-corrected chi connectivity index (χ4v) is 5.38. The van der Waals surface area contributed by atoms with Crippen LogP contribution in [0.4, 0.5) is 0 Å². The first-order chi connectivity index (χ1) is 7.40. The Morgan fingerprint density at radius 1 is 1.06 bits per heavy atom. The van der Waals surface area contributed by atoms with Crippen LogP contribution >= 0.6 is 0 Å². The topological polar surface area (TPSA) is 26.0 Å². The SMILES string of the molecule is CC1(C)C2CCC([C@H]3[C@H](CN)C3(C)C)C1C2. The van der Waals surface area contributed by atoms with Crippen LogP contribution in [-0.2, 0) is 0 Å². The van der Waals surface area contributed by atoms with Crippen LogP contribution in [0.1, 0.15) is 47.0 Å². The molecule has 5 atom stereocenters. The van der Waals surface area contributed by atoms with Gasteiger partial charge in [0.2, 0.25) is 0 Å². The Labute approximate surface area is 100 Å². The first-order valence-corrected chi connectivity index (χ1v) is 7.10. The molecule has 0 radical (unpaired) electrons. The Hall–Kier alpha value is -0.0400. The second kappa shape index (κ2) is 3.04. The van der Waals surface area contributed by atoms with Gasteiger partial charge < -0.3 is 5.73 Å². The van der Waals surface area contributed by atoms with Gasteiger partial charge in [-0.05, 0) is 66.2 Å². The van der Waals surface area contributed by atoms with Crippen molar-refractivity contribution < 1.29 is 0 Å². The van der Waals surface area contributed by atoms with Gasteiger partial charge in [-0.15, -0.1) is 0 Å². The predicted molar refractivity (Wildman–Crippen MR) is 67.9 cm³/mol. The van der Waals surface area contributed by atoms with Crippen molar-refractivity contribution in [3.05, 3.63) is 0 Å². The van der Waals surface area contributed by atoms with Crippen molar-refractivity contribution in [3.8, 4) is 0 Å². The van der Waals surface area contributed by atoms with Crippen LogP contribution in [-0.4, -0.2) is 6.54 Å². The van der Waals surface area contributed by atoms with Crippen molar-refractivity contribution in [2.75, 3.05) is 6.54 Å². The summed E-state index contributed by atoms with van der Waals surface area (Å²) in [5.74, 6) is 4.77.